The van der Waals surface area contributed by atoms with Crippen LogP contribution in [-0.4, -0.2) is 19.4 Å². The van der Waals surface area contributed by atoms with Crippen LogP contribution in [0.3, 0.4) is 0 Å². The third-order valence-electron chi connectivity index (χ3n) is 3.21. The fourth-order valence-corrected chi connectivity index (χ4v) is 3.77. The predicted octanol–water partition coefficient (Wildman–Crippen LogP) is 5.84. The van der Waals surface area contributed by atoms with E-state index >= 15 is 0 Å². The Balaban J connectivity index is 2.70. The van der Waals surface area contributed by atoms with Gasteiger partial charge >= 0.3 is 13.8 Å². The van der Waals surface area contributed by atoms with E-state index in [0.717, 1.165) is 12.1 Å². The summed E-state index contributed by atoms with van der Waals surface area (Å²) >= 11 is 0. The highest BCUT2D eigenvalue weighted by Gasteiger charge is 2.35. The van der Waals surface area contributed by atoms with Gasteiger partial charge in [-0.25, -0.2) is 8.78 Å². The molecule has 0 aliphatic carbocycles. The van der Waals surface area contributed by atoms with Gasteiger partial charge in [0.1, 0.15) is 0 Å². The molecule has 0 aromatic heterocycles. The van der Waals surface area contributed by atoms with Crippen molar-refractivity contribution in [2.75, 3.05) is 19.4 Å². The summed E-state index contributed by atoms with van der Waals surface area (Å²) in [6, 6.07) is 2.75. The summed E-state index contributed by atoms with van der Waals surface area (Å²) in [7, 11) is -3.41. The van der Waals surface area contributed by atoms with Crippen molar-refractivity contribution in [3.63, 3.8) is 0 Å². The molecule has 0 spiro atoms. The van der Waals surface area contributed by atoms with E-state index in [-0.39, 0.29) is 25.8 Å². The van der Waals surface area contributed by atoms with Gasteiger partial charge in [-0.15, -0.1) is 0 Å². The van der Waals surface area contributed by atoms with Gasteiger partial charge in [-0.05, 0) is 32.4 Å². The van der Waals surface area contributed by atoms with Crippen molar-refractivity contribution in [1.29, 1.82) is 0 Å². The third kappa shape index (κ3) is 6.15. The van der Waals surface area contributed by atoms with Gasteiger partial charge in [0, 0.05) is 12.0 Å². The summed E-state index contributed by atoms with van der Waals surface area (Å²) in [5.74, 6) is -3.33. The summed E-state index contributed by atoms with van der Waals surface area (Å²) in [5, 5.41) is 0. The molecule has 3 nitrogen and oxygen atoms in total. The number of halogens is 5. The van der Waals surface area contributed by atoms with Gasteiger partial charge in [0.05, 0.1) is 24.9 Å². The first kappa shape index (κ1) is 21.1. The third-order valence-corrected chi connectivity index (χ3v) is 5.38. The van der Waals surface area contributed by atoms with Crippen molar-refractivity contribution in [3.05, 3.63) is 35.4 Å². The molecular formula is C15H20F5O3P. The molecule has 24 heavy (non-hydrogen) atoms. The second kappa shape index (κ2) is 8.41. The average molecular weight is 374 g/mol. The van der Waals surface area contributed by atoms with Crippen LogP contribution in [0, 0.1) is 0 Å². The lowest BCUT2D eigenvalue weighted by Gasteiger charge is -2.20. The van der Waals surface area contributed by atoms with E-state index in [1.165, 1.54) is 0 Å². The first-order chi connectivity index (χ1) is 11.0. The van der Waals surface area contributed by atoms with Crippen LogP contribution >= 0.6 is 7.60 Å². The van der Waals surface area contributed by atoms with Gasteiger partial charge in [0.15, 0.2) is 0 Å². The Morgan fingerprint density at radius 3 is 1.79 bits per heavy atom. The van der Waals surface area contributed by atoms with Crippen LogP contribution in [-0.2, 0) is 25.7 Å². The highest BCUT2D eigenvalue weighted by molar-refractivity contribution is 7.53. The average Bonchev–Trinajstić information content (AvgIpc) is 2.46. The van der Waals surface area contributed by atoms with Gasteiger partial charge in [-0.1, -0.05) is 12.1 Å². The van der Waals surface area contributed by atoms with Crippen LogP contribution in [0.5, 0.6) is 0 Å². The van der Waals surface area contributed by atoms with E-state index in [1.807, 2.05) is 0 Å². The minimum atomic E-state index is -4.57. The van der Waals surface area contributed by atoms with Crippen LogP contribution in [0.15, 0.2) is 24.3 Å². The van der Waals surface area contributed by atoms with Gasteiger partial charge in [0.25, 0.3) is 5.92 Å². The lowest BCUT2D eigenvalue weighted by Crippen LogP contribution is -2.15. The van der Waals surface area contributed by atoms with Crippen molar-refractivity contribution in [1.82, 2.24) is 0 Å². The van der Waals surface area contributed by atoms with Crippen molar-refractivity contribution in [2.24, 2.45) is 0 Å². The number of benzene rings is 1. The van der Waals surface area contributed by atoms with E-state index in [9.17, 15) is 26.5 Å². The van der Waals surface area contributed by atoms with Crippen LogP contribution in [0.4, 0.5) is 22.0 Å². The summed E-state index contributed by atoms with van der Waals surface area (Å²) in [5.41, 5.74) is -1.50. The maximum absolute atomic E-state index is 14.1. The second-order valence-electron chi connectivity index (χ2n) is 5.05. The Morgan fingerprint density at radius 2 is 1.38 bits per heavy atom. The van der Waals surface area contributed by atoms with Crippen LogP contribution in [0.25, 0.3) is 0 Å². The molecule has 138 valence electrons. The van der Waals surface area contributed by atoms with E-state index in [0.29, 0.717) is 12.1 Å². The first-order valence-corrected chi connectivity index (χ1v) is 9.20. The molecule has 0 radical (unpaired) electrons. The zero-order chi connectivity index (χ0) is 18.4. The molecule has 0 saturated carbocycles. The normalized spacial score (nSPS) is 13.3. The molecule has 1 aromatic carbocycles. The molecule has 0 aliphatic rings. The first-order valence-electron chi connectivity index (χ1n) is 7.48. The monoisotopic (exact) mass is 374 g/mol. The van der Waals surface area contributed by atoms with Gasteiger partial charge < -0.3 is 9.05 Å². The summed E-state index contributed by atoms with van der Waals surface area (Å²) < 4.78 is 87.7. The second-order valence-corrected chi connectivity index (χ2v) is 7.24. The molecule has 0 saturated heterocycles. The predicted molar refractivity (Wildman–Crippen MR) is 80.3 cm³/mol. The Bertz CT molecular complexity index is 547. The quantitative estimate of drug-likeness (QED) is 0.402. The zero-order valence-electron chi connectivity index (χ0n) is 13.4. The van der Waals surface area contributed by atoms with Gasteiger partial charge in [-0.3, -0.25) is 4.57 Å². The molecule has 1 aromatic rings. The summed E-state index contributed by atoms with van der Waals surface area (Å²) in [4.78, 5) is 0. The van der Waals surface area contributed by atoms with Gasteiger partial charge in [-0.2, -0.15) is 13.2 Å². The van der Waals surface area contributed by atoms with E-state index in [2.05, 4.69) is 0 Å². The molecule has 0 atom stereocenters. The minimum absolute atomic E-state index is 0.132. The highest BCUT2D eigenvalue weighted by Crippen LogP contribution is 2.49. The maximum Gasteiger partial charge on any atom is 0.416 e. The molecule has 0 N–H and O–H groups in total. The van der Waals surface area contributed by atoms with Crippen LogP contribution in [0.2, 0.25) is 0 Å². The Kier molecular flexibility index (Phi) is 7.38. The molecule has 0 bridgehead atoms. The van der Waals surface area contributed by atoms with Crippen LogP contribution < -0.4 is 0 Å². The highest BCUT2D eigenvalue weighted by atomic mass is 31.2. The van der Waals surface area contributed by atoms with Crippen LogP contribution in [0.1, 0.15) is 37.8 Å². The van der Waals surface area contributed by atoms with E-state index in [4.69, 9.17) is 9.05 Å². The standard InChI is InChI=1S/C15H20F5O3P/c1-3-22-24(21,23-4-2)11-5-10-14(16,17)12-6-8-13(9-7-12)15(18,19)20/h6-9H,3-5,10-11H2,1-2H3. The number of alkyl halides is 5. The fourth-order valence-electron chi connectivity index (χ4n) is 2.10. The smallest absolute Gasteiger partial charge is 0.309 e. The zero-order valence-corrected chi connectivity index (χ0v) is 14.3. The summed E-state index contributed by atoms with van der Waals surface area (Å²) in [6.07, 6.45) is -5.56. The molecule has 0 heterocycles. The lowest BCUT2D eigenvalue weighted by molar-refractivity contribution is -0.137. The topological polar surface area (TPSA) is 35.5 Å². The molecule has 0 fully saturated rings. The minimum Gasteiger partial charge on any atom is -0.309 e. The van der Waals surface area contributed by atoms with E-state index in [1.54, 1.807) is 13.8 Å². The van der Waals surface area contributed by atoms with Crippen molar-refractivity contribution >= 4 is 7.60 Å². The van der Waals surface area contributed by atoms with Gasteiger partial charge in [0.2, 0.25) is 0 Å². The van der Waals surface area contributed by atoms with E-state index < -0.39 is 37.2 Å². The SMILES string of the molecule is CCOP(=O)(CCCC(F)(F)c1ccc(C(F)(F)F)cc1)OCC. The maximum atomic E-state index is 14.1. The van der Waals surface area contributed by atoms with Crippen molar-refractivity contribution in [2.45, 2.75) is 38.8 Å². The Labute approximate surface area is 137 Å². The molecular weight excluding hydrogens is 354 g/mol. The molecule has 0 amide bonds. The molecule has 0 unspecified atom stereocenters. The molecule has 9 heteroatoms. The largest absolute Gasteiger partial charge is 0.416 e. The summed E-state index contributed by atoms with van der Waals surface area (Å²) in [6.45, 7) is 3.49. The number of rotatable bonds is 9. The van der Waals surface area contributed by atoms with Crippen molar-refractivity contribution < 1.29 is 35.6 Å². The molecule has 0 aliphatic heterocycles. The Hall–Kier alpha value is -0.980. The number of hydrogen-bond donors (Lipinski definition) is 0. The fraction of sp³-hybridized carbons (Fsp3) is 0.600. The number of hydrogen-bond acceptors (Lipinski definition) is 3. The lowest BCUT2D eigenvalue weighted by atomic mass is 10.0. The van der Waals surface area contributed by atoms with Crippen molar-refractivity contribution in [3.8, 4) is 0 Å². The Morgan fingerprint density at radius 1 is 0.917 bits per heavy atom. The molecule has 1 rings (SSSR count).